The van der Waals surface area contributed by atoms with Crippen molar-refractivity contribution >= 4 is 6.03 Å². The Morgan fingerprint density at radius 3 is 2.77 bits per heavy atom. The second-order valence-electron chi connectivity index (χ2n) is 3.43. The van der Waals surface area contributed by atoms with Gasteiger partial charge in [0.15, 0.2) is 0 Å². The van der Waals surface area contributed by atoms with Crippen molar-refractivity contribution < 1.29 is 9.53 Å². The van der Waals surface area contributed by atoms with E-state index >= 15 is 0 Å². The van der Waals surface area contributed by atoms with Crippen LogP contribution in [0.25, 0.3) is 0 Å². The van der Waals surface area contributed by atoms with Crippen LogP contribution in [-0.2, 0) is 4.74 Å². The second-order valence-corrected chi connectivity index (χ2v) is 3.43. The number of carbonyl (C=O) groups is 1. The van der Waals surface area contributed by atoms with E-state index in [2.05, 4.69) is 10.6 Å². The fraction of sp³-hybridized carbons (Fsp3) is 0.889. The molecule has 4 heteroatoms. The summed E-state index contributed by atoms with van der Waals surface area (Å²) >= 11 is 0. The van der Waals surface area contributed by atoms with Crippen molar-refractivity contribution in [3.63, 3.8) is 0 Å². The first-order chi connectivity index (χ1) is 6.26. The maximum absolute atomic E-state index is 11.1. The molecule has 1 aliphatic rings. The van der Waals surface area contributed by atoms with Crippen LogP contribution in [-0.4, -0.2) is 31.8 Å². The lowest BCUT2D eigenvalue weighted by molar-refractivity contribution is 0.0206. The summed E-state index contributed by atoms with van der Waals surface area (Å²) in [5, 5.41) is 5.66. The summed E-state index contributed by atoms with van der Waals surface area (Å²) in [6.07, 6.45) is 3.20. The van der Waals surface area contributed by atoms with Crippen molar-refractivity contribution in [1.29, 1.82) is 0 Å². The zero-order valence-corrected chi connectivity index (χ0v) is 8.30. The highest BCUT2D eigenvalue weighted by Crippen LogP contribution is 2.22. The van der Waals surface area contributed by atoms with Crippen molar-refractivity contribution in [2.45, 2.75) is 38.3 Å². The third-order valence-corrected chi connectivity index (χ3v) is 2.30. The van der Waals surface area contributed by atoms with E-state index in [9.17, 15) is 4.79 Å². The smallest absolute Gasteiger partial charge is 0.315 e. The Bertz CT molecular complexity index is 167. The van der Waals surface area contributed by atoms with Gasteiger partial charge in [-0.15, -0.1) is 0 Å². The minimum atomic E-state index is -0.0543. The summed E-state index contributed by atoms with van der Waals surface area (Å²) in [6, 6.07) is 0.253. The van der Waals surface area contributed by atoms with Gasteiger partial charge in [0, 0.05) is 19.7 Å². The summed E-state index contributed by atoms with van der Waals surface area (Å²) in [5.41, 5.74) is 0. The summed E-state index contributed by atoms with van der Waals surface area (Å²) in [5.74, 6) is 0. The van der Waals surface area contributed by atoms with Crippen molar-refractivity contribution in [3.8, 4) is 0 Å². The number of hydrogen-bond donors (Lipinski definition) is 2. The van der Waals surface area contributed by atoms with Crippen LogP contribution < -0.4 is 10.6 Å². The molecule has 2 N–H and O–H groups in total. The molecule has 1 saturated carbocycles. The maximum atomic E-state index is 11.1. The number of nitrogens with one attached hydrogen (secondary N) is 2. The summed E-state index contributed by atoms with van der Waals surface area (Å²) in [4.78, 5) is 11.1. The number of ether oxygens (including phenoxy) is 1. The fourth-order valence-electron chi connectivity index (χ4n) is 1.35. The lowest BCUT2D eigenvalue weighted by Crippen LogP contribution is -2.50. The van der Waals surface area contributed by atoms with Crippen LogP contribution in [0.5, 0.6) is 0 Å². The van der Waals surface area contributed by atoms with Gasteiger partial charge in [0.05, 0.1) is 6.10 Å². The highest BCUT2D eigenvalue weighted by molar-refractivity contribution is 5.74. The van der Waals surface area contributed by atoms with Gasteiger partial charge in [-0.25, -0.2) is 4.79 Å². The molecular formula is C9H18N2O2. The Morgan fingerprint density at radius 2 is 2.23 bits per heavy atom. The normalized spacial score (nSPS) is 26.3. The molecule has 0 aromatic heterocycles. The van der Waals surface area contributed by atoms with E-state index in [-0.39, 0.29) is 6.03 Å². The predicted molar refractivity (Wildman–Crippen MR) is 50.6 cm³/mol. The van der Waals surface area contributed by atoms with E-state index in [1.807, 2.05) is 6.92 Å². The van der Waals surface area contributed by atoms with Crippen LogP contribution in [0.4, 0.5) is 4.79 Å². The zero-order chi connectivity index (χ0) is 9.68. The Morgan fingerprint density at radius 1 is 1.54 bits per heavy atom. The quantitative estimate of drug-likeness (QED) is 0.684. The number of methoxy groups -OCH3 is 1. The molecule has 2 amide bonds. The molecule has 0 spiro atoms. The maximum Gasteiger partial charge on any atom is 0.315 e. The standard InChI is InChI=1S/C9H18N2O2/c1-3-4-10-9(12)11-7-5-8(6-7)13-2/h7-8H,3-6H2,1-2H3,(H2,10,11,12). The van der Waals surface area contributed by atoms with Gasteiger partial charge in [-0.2, -0.15) is 0 Å². The molecule has 0 bridgehead atoms. The highest BCUT2D eigenvalue weighted by atomic mass is 16.5. The van der Waals surface area contributed by atoms with Crippen molar-refractivity contribution in [1.82, 2.24) is 10.6 Å². The van der Waals surface area contributed by atoms with E-state index in [1.54, 1.807) is 7.11 Å². The molecule has 0 aliphatic heterocycles. The molecule has 0 atom stereocenters. The van der Waals surface area contributed by atoms with Gasteiger partial charge in [-0.3, -0.25) is 0 Å². The van der Waals surface area contributed by atoms with Crippen molar-refractivity contribution in [2.24, 2.45) is 0 Å². The first-order valence-corrected chi connectivity index (χ1v) is 4.83. The SMILES string of the molecule is CCCNC(=O)NC1CC(OC)C1. The molecule has 13 heavy (non-hydrogen) atoms. The van der Waals surface area contributed by atoms with Gasteiger partial charge in [0.2, 0.25) is 0 Å². The molecule has 76 valence electrons. The van der Waals surface area contributed by atoms with E-state index < -0.39 is 0 Å². The molecule has 0 aromatic rings. The van der Waals surface area contributed by atoms with E-state index in [0.29, 0.717) is 12.1 Å². The molecule has 0 aromatic carbocycles. The molecule has 0 radical (unpaired) electrons. The molecule has 0 saturated heterocycles. The van der Waals surface area contributed by atoms with E-state index in [0.717, 1.165) is 25.8 Å². The van der Waals surface area contributed by atoms with Crippen molar-refractivity contribution in [2.75, 3.05) is 13.7 Å². The Labute approximate surface area is 79.0 Å². The minimum Gasteiger partial charge on any atom is -0.381 e. The summed E-state index contributed by atoms with van der Waals surface area (Å²) < 4.78 is 5.11. The lowest BCUT2D eigenvalue weighted by Gasteiger charge is -2.34. The average Bonchev–Trinajstić information content (AvgIpc) is 2.07. The molecular weight excluding hydrogens is 168 g/mol. The van der Waals surface area contributed by atoms with Crippen LogP contribution in [0, 0.1) is 0 Å². The van der Waals surface area contributed by atoms with Crippen LogP contribution in [0.1, 0.15) is 26.2 Å². The van der Waals surface area contributed by atoms with Gasteiger partial charge in [-0.1, -0.05) is 6.92 Å². The first kappa shape index (κ1) is 10.3. The monoisotopic (exact) mass is 186 g/mol. The van der Waals surface area contributed by atoms with E-state index in [4.69, 9.17) is 4.74 Å². The van der Waals surface area contributed by atoms with Gasteiger partial charge in [0.1, 0.15) is 0 Å². The first-order valence-electron chi connectivity index (χ1n) is 4.83. The molecule has 0 heterocycles. The largest absolute Gasteiger partial charge is 0.381 e. The third-order valence-electron chi connectivity index (χ3n) is 2.30. The molecule has 1 aliphatic carbocycles. The van der Waals surface area contributed by atoms with Crippen molar-refractivity contribution in [3.05, 3.63) is 0 Å². The Hall–Kier alpha value is -0.770. The number of carbonyl (C=O) groups excluding carboxylic acids is 1. The van der Waals surface area contributed by atoms with Crippen LogP contribution >= 0.6 is 0 Å². The zero-order valence-electron chi connectivity index (χ0n) is 8.30. The fourth-order valence-corrected chi connectivity index (χ4v) is 1.35. The number of urea groups is 1. The van der Waals surface area contributed by atoms with E-state index in [1.165, 1.54) is 0 Å². The van der Waals surface area contributed by atoms with Gasteiger partial charge in [-0.05, 0) is 19.3 Å². The Balaban J connectivity index is 2.03. The average molecular weight is 186 g/mol. The van der Waals surface area contributed by atoms with Gasteiger partial charge >= 0.3 is 6.03 Å². The number of hydrogen-bond acceptors (Lipinski definition) is 2. The predicted octanol–water partition coefficient (Wildman–Crippen LogP) is 0.873. The molecule has 1 fully saturated rings. The third kappa shape index (κ3) is 3.22. The summed E-state index contributed by atoms with van der Waals surface area (Å²) in [6.45, 7) is 2.77. The Kier molecular flexibility index (Phi) is 4.02. The second kappa shape index (κ2) is 5.07. The van der Waals surface area contributed by atoms with Gasteiger partial charge < -0.3 is 15.4 Å². The molecule has 0 unspecified atom stereocenters. The molecule has 1 rings (SSSR count). The topological polar surface area (TPSA) is 50.4 Å². The lowest BCUT2D eigenvalue weighted by atomic mass is 9.89. The minimum absolute atomic E-state index is 0.0543. The highest BCUT2D eigenvalue weighted by Gasteiger charge is 2.29. The van der Waals surface area contributed by atoms with Crippen LogP contribution in [0.15, 0.2) is 0 Å². The number of amides is 2. The van der Waals surface area contributed by atoms with Gasteiger partial charge in [0.25, 0.3) is 0 Å². The van der Waals surface area contributed by atoms with Crippen LogP contribution in [0.2, 0.25) is 0 Å². The summed E-state index contributed by atoms with van der Waals surface area (Å²) in [7, 11) is 1.71. The molecule has 4 nitrogen and oxygen atoms in total. The van der Waals surface area contributed by atoms with Crippen LogP contribution in [0.3, 0.4) is 0 Å². The number of rotatable bonds is 4.